The number of halogens is 1. The van der Waals surface area contributed by atoms with Crippen LogP contribution in [0.2, 0.25) is 0 Å². The summed E-state index contributed by atoms with van der Waals surface area (Å²) in [5.41, 5.74) is 1.41. The zero-order valence-corrected chi connectivity index (χ0v) is 11.1. The van der Waals surface area contributed by atoms with Gasteiger partial charge < -0.3 is 4.90 Å². The molecule has 1 aromatic carbocycles. The van der Waals surface area contributed by atoms with Gasteiger partial charge in [0, 0.05) is 18.7 Å². The van der Waals surface area contributed by atoms with Crippen molar-refractivity contribution in [2.45, 2.75) is 45.4 Å². The van der Waals surface area contributed by atoms with Crippen LogP contribution in [0.3, 0.4) is 0 Å². The Hall–Kier alpha value is -1.38. The fourth-order valence-electron chi connectivity index (χ4n) is 2.41. The van der Waals surface area contributed by atoms with Gasteiger partial charge in [-0.15, -0.1) is 0 Å². The van der Waals surface area contributed by atoms with Crippen molar-refractivity contribution >= 4 is 11.6 Å². The van der Waals surface area contributed by atoms with Gasteiger partial charge in [0.1, 0.15) is 5.82 Å². The van der Waals surface area contributed by atoms with Crippen LogP contribution in [0.4, 0.5) is 10.1 Å². The van der Waals surface area contributed by atoms with E-state index in [0.717, 1.165) is 19.3 Å². The van der Waals surface area contributed by atoms with Crippen LogP contribution in [-0.4, -0.2) is 12.5 Å². The SMILES string of the molecule is CC(C)c1ccc(N2CCCCCC2=O)cc1F. The first-order valence-corrected chi connectivity index (χ1v) is 6.69. The molecule has 1 aliphatic rings. The van der Waals surface area contributed by atoms with Crippen LogP contribution in [0.5, 0.6) is 0 Å². The molecule has 2 nitrogen and oxygen atoms in total. The lowest BCUT2D eigenvalue weighted by Crippen LogP contribution is -2.30. The van der Waals surface area contributed by atoms with E-state index in [1.165, 1.54) is 6.07 Å². The zero-order valence-electron chi connectivity index (χ0n) is 11.1. The van der Waals surface area contributed by atoms with Crippen LogP contribution in [0, 0.1) is 5.82 Å². The zero-order chi connectivity index (χ0) is 13.1. The number of carbonyl (C=O) groups is 1. The van der Waals surface area contributed by atoms with E-state index in [1.807, 2.05) is 19.9 Å². The minimum absolute atomic E-state index is 0.115. The van der Waals surface area contributed by atoms with Crippen molar-refractivity contribution in [1.82, 2.24) is 0 Å². The van der Waals surface area contributed by atoms with E-state index in [-0.39, 0.29) is 17.6 Å². The van der Waals surface area contributed by atoms with Crippen molar-refractivity contribution in [2.24, 2.45) is 0 Å². The van der Waals surface area contributed by atoms with Gasteiger partial charge in [-0.1, -0.05) is 26.3 Å². The van der Waals surface area contributed by atoms with Crippen LogP contribution in [0.25, 0.3) is 0 Å². The molecule has 0 bridgehead atoms. The summed E-state index contributed by atoms with van der Waals surface area (Å²) in [4.78, 5) is 13.7. The Labute approximate surface area is 108 Å². The minimum atomic E-state index is -0.209. The average Bonchev–Trinajstić information content (AvgIpc) is 2.53. The van der Waals surface area contributed by atoms with E-state index in [2.05, 4.69) is 0 Å². The lowest BCUT2D eigenvalue weighted by Gasteiger charge is -2.21. The monoisotopic (exact) mass is 249 g/mol. The third-order valence-electron chi connectivity index (χ3n) is 3.49. The van der Waals surface area contributed by atoms with Gasteiger partial charge >= 0.3 is 0 Å². The summed E-state index contributed by atoms with van der Waals surface area (Å²) in [6, 6.07) is 5.16. The molecule has 0 saturated carbocycles. The summed E-state index contributed by atoms with van der Waals surface area (Å²) in [7, 11) is 0. The maximum Gasteiger partial charge on any atom is 0.226 e. The second kappa shape index (κ2) is 5.51. The molecule has 0 aromatic heterocycles. The van der Waals surface area contributed by atoms with Gasteiger partial charge in [0.25, 0.3) is 0 Å². The van der Waals surface area contributed by atoms with Gasteiger partial charge in [-0.3, -0.25) is 4.79 Å². The highest BCUT2D eigenvalue weighted by Crippen LogP contribution is 2.26. The standard InChI is InChI=1S/C15H20FNO/c1-11(2)13-8-7-12(10-14(13)16)17-9-5-3-4-6-15(17)18/h7-8,10-11H,3-6,9H2,1-2H3. The Morgan fingerprint density at radius 1 is 1.22 bits per heavy atom. The van der Waals surface area contributed by atoms with Crippen molar-refractivity contribution in [2.75, 3.05) is 11.4 Å². The van der Waals surface area contributed by atoms with Gasteiger partial charge in [0.2, 0.25) is 5.91 Å². The molecular formula is C15H20FNO. The van der Waals surface area contributed by atoms with Crippen LogP contribution in [0.1, 0.15) is 51.0 Å². The van der Waals surface area contributed by atoms with Crippen molar-refractivity contribution in [3.05, 3.63) is 29.6 Å². The number of anilines is 1. The molecule has 0 spiro atoms. The number of nitrogens with zero attached hydrogens (tertiary/aromatic N) is 1. The maximum atomic E-state index is 13.9. The van der Waals surface area contributed by atoms with E-state index in [9.17, 15) is 9.18 Å². The molecule has 1 fully saturated rings. The molecule has 2 rings (SSSR count). The van der Waals surface area contributed by atoms with Gasteiger partial charge in [0.05, 0.1) is 0 Å². The first kappa shape index (κ1) is 13.1. The lowest BCUT2D eigenvalue weighted by molar-refractivity contribution is -0.118. The first-order chi connectivity index (χ1) is 8.59. The van der Waals surface area contributed by atoms with Gasteiger partial charge in [0.15, 0.2) is 0 Å². The average molecular weight is 249 g/mol. The number of carbonyl (C=O) groups excluding carboxylic acids is 1. The van der Waals surface area contributed by atoms with E-state index in [0.29, 0.717) is 24.2 Å². The third kappa shape index (κ3) is 2.71. The highest BCUT2D eigenvalue weighted by molar-refractivity contribution is 5.93. The molecule has 0 unspecified atom stereocenters. The Balaban J connectivity index is 2.27. The Morgan fingerprint density at radius 2 is 2.00 bits per heavy atom. The molecule has 0 aliphatic carbocycles. The summed E-state index contributed by atoms with van der Waals surface area (Å²) in [6.07, 6.45) is 3.60. The Morgan fingerprint density at radius 3 is 2.67 bits per heavy atom. The van der Waals surface area contributed by atoms with Crippen molar-refractivity contribution in [1.29, 1.82) is 0 Å². The van der Waals surface area contributed by atoms with Gasteiger partial charge in [-0.05, 0) is 36.5 Å². The van der Waals surface area contributed by atoms with Crippen molar-refractivity contribution < 1.29 is 9.18 Å². The number of amides is 1. The topological polar surface area (TPSA) is 20.3 Å². The van der Waals surface area contributed by atoms with Crippen LogP contribution in [0.15, 0.2) is 18.2 Å². The second-order valence-corrected chi connectivity index (χ2v) is 5.22. The number of benzene rings is 1. The molecular weight excluding hydrogens is 229 g/mol. The molecule has 1 heterocycles. The molecule has 1 aromatic rings. The Bertz CT molecular complexity index is 442. The van der Waals surface area contributed by atoms with Crippen molar-refractivity contribution in [3.63, 3.8) is 0 Å². The van der Waals surface area contributed by atoms with Gasteiger partial charge in [-0.25, -0.2) is 4.39 Å². The fourth-order valence-corrected chi connectivity index (χ4v) is 2.41. The number of rotatable bonds is 2. The highest BCUT2D eigenvalue weighted by atomic mass is 19.1. The largest absolute Gasteiger partial charge is 0.312 e. The molecule has 1 amide bonds. The Kier molecular flexibility index (Phi) is 4.00. The van der Waals surface area contributed by atoms with E-state index >= 15 is 0 Å². The van der Waals surface area contributed by atoms with E-state index in [1.54, 1.807) is 11.0 Å². The lowest BCUT2D eigenvalue weighted by atomic mass is 10.0. The summed E-state index contributed by atoms with van der Waals surface area (Å²) in [6.45, 7) is 4.64. The third-order valence-corrected chi connectivity index (χ3v) is 3.49. The fraction of sp³-hybridized carbons (Fsp3) is 0.533. The molecule has 98 valence electrons. The summed E-state index contributed by atoms with van der Waals surface area (Å²) < 4.78 is 13.9. The van der Waals surface area contributed by atoms with Crippen molar-refractivity contribution in [3.8, 4) is 0 Å². The predicted octanol–water partition coefficient (Wildman–Crippen LogP) is 3.86. The second-order valence-electron chi connectivity index (χ2n) is 5.22. The molecule has 0 radical (unpaired) electrons. The van der Waals surface area contributed by atoms with Gasteiger partial charge in [-0.2, -0.15) is 0 Å². The number of hydrogen-bond acceptors (Lipinski definition) is 1. The minimum Gasteiger partial charge on any atom is -0.312 e. The first-order valence-electron chi connectivity index (χ1n) is 6.69. The molecule has 3 heteroatoms. The molecule has 18 heavy (non-hydrogen) atoms. The molecule has 0 N–H and O–H groups in total. The summed E-state index contributed by atoms with van der Waals surface area (Å²) in [5, 5.41) is 0. The van der Waals surface area contributed by atoms with Crippen LogP contribution < -0.4 is 4.90 Å². The maximum absolute atomic E-state index is 13.9. The highest BCUT2D eigenvalue weighted by Gasteiger charge is 2.19. The summed E-state index contributed by atoms with van der Waals surface area (Å²) >= 11 is 0. The molecule has 1 saturated heterocycles. The smallest absolute Gasteiger partial charge is 0.226 e. The van der Waals surface area contributed by atoms with E-state index in [4.69, 9.17) is 0 Å². The van der Waals surface area contributed by atoms with E-state index < -0.39 is 0 Å². The van der Waals surface area contributed by atoms with Crippen LogP contribution >= 0.6 is 0 Å². The summed E-state index contributed by atoms with van der Waals surface area (Å²) in [5.74, 6) is 0.0719. The normalized spacial score (nSPS) is 17.1. The quantitative estimate of drug-likeness (QED) is 0.779. The molecule has 1 aliphatic heterocycles. The predicted molar refractivity (Wildman–Crippen MR) is 71.3 cm³/mol. The van der Waals surface area contributed by atoms with Crippen LogP contribution in [-0.2, 0) is 4.79 Å². The molecule has 0 atom stereocenters. The number of hydrogen-bond donors (Lipinski definition) is 0.